The molecule has 3 rings (SSSR count). The zero-order valence-electron chi connectivity index (χ0n) is 9.53. The fourth-order valence-corrected chi connectivity index (χ4v) is 2.51. The van der Waals surface area contributed by atoms with Gasteiger partial charge in [0.1, 0.15) is 0 Å². The Hall–Kier alpha value is -1.40. The average molecular weight is 244 g/mol. The van der Waals surface area contributed by atoms with E-state index in [9.17, 15) is 4.79 Å². The molecule has 1 aliphatic carbocycles. The standard InChI is InChI=1S/C14H12O2S/c1-9-2-7-13-11(8-9)12(16-14(15)17-13)6-5-10-3-4-10/h2,7-8,10,12H,3-4H2,1H3. The van der Waals surface area contributed by atoms with E-state index in [4.69, 9.17) is 4.74 Å². The Morgan fingerprint density at radius 2 is 2.18 bits per heavy atom. The van der Waals surface area contributed by atoms with Crippen LogP contribution in [-0.2, 0) is 4.74 Å². The highest BCUT2D eigenvalue weighted by Gasteiger charge is 2.26. The smallest absolute Gasteiger partial charge is 0.373 e. The molecule has 1 aromatic carbocycles. The van der Waals surface area contributed by atoms with Gasteiger partial charge in [-0.05, 0) is 37.6 Å². The predicted octanol–water partition coefficient (Wildman–Crippen LogP) is 3.69. The minimum atomic E-state index is -0.376. The SMILES string of the molecule is Cc1ccc2c(c1)C(C#CC1CC1)OC(=O)S2. The summed E-state index contributed by atoms with van der Waals surface area (Å²) in [6.45, 7) is 2.03. The first-order chi connectivity index (χ1) is 8.22. The fraction of sp³-hybridized carbons (Fsp3) is 0.357. The third-order valence-electron chi connectivity index (χ3n) is 2.85. The van der Waals surface area contributed by atoms with Gasteiger partial charge in [-0.15, -0.1) is 0 Å². The van der Waals surface area contributed by atoms with Gasteiger partial charge in [-0.25, -0.2) is 4.79 Å². The third-order valence-corrected chi connectivity index (χ3v) is 3.71. The van der Waals surface area contributed by atoms with Crippen molar-refractivity contribution < 1.29 is 9.53 Å². The van der Waals surface area contributed by atoms with Crippen LogP contribution in [0.2, 0.25) is 0 Å². The Labute approximate surface area is 105 Å². The zero-order valence-corrected chi connectivity index (χ0v) is 10.3. The molecular weight excluding hydrogens is 232 g/mol. The van der Waals surface area contributed by atoms with Gasteiger partial charge >= 0.3 is 5.30 Å². The van der Waals surface area contributed by atoms with Crippen LogP contribution in [0.15, 0.2) is 23.1 Å². The summed E-state index contributed by atoms with van der Waals surface area (Å²) in [6.07, 6.45) is 1.99. The summed E-state index contributed by atoms with van der Waals surface area (Å²) in [6, 6.07) is 6.04. The van der Waals surface area contributed by atoms with Crippen molar-refractivity contribution in [2.24, 2.45) is 5.92 Å². The van der Waals surface area contributed by atoms with Crippen molar-refractivity contribution in [1.82, 2.24) is 0 Å². The fourth-order valence-electron chi connectivity index (χ4n) is 1.77. The maximum absolute atomic E-state index is 11.5. The second kappa shape index (κ2) is 4.12. The van der Waals surface area contributed by atoms with Crippen molar-refractivity contribution in [3.8, 4) is 11.8 Å². The summed E-state index contributed by atoms with van der Waals surface area (Å²) in [7, 11) is 0. The van der Waals surface area contributed by atoms with Crippen molar-refractivity contribution in [3.05, 3.63) is 29.3 Å². The molecule has 0 bridgehead atoms. The normalized spacial score (nSPS) is 22.2. The van der Waals surface area contributed by atoms with Crippen molar-refractivity contribution in [1.29, 1.82) is 0 Å². The number of fused-ring (bicyclic) bond motifs is 1. The van der Waals surface area contributed by atoms with Crippen LogP contribution < -0.4 is 0 Å². The summed E-state index contributed by atoms with van der Waals surface area (Å²) in [4.78, 5) is 12.4. The van der Waals surface area contributed by atoms with Gasteiger partial charge in [0.15, 0.2) is 6.10 Å². The largest absolute Gasteiger partial charge is 0.436 e. The molecule has 0 aromatic heterocycles. The van der Waals surface area contributed by atoms with E-state index in [1.807, 2.05) is 19.1 Å². The van der Waals surface area contributed by atoms with Crippen LogP contribution in [0.4, 0.5) is 4.79 Å². The Bertz CT molecular complexity index is 535. The first kappa shape index (κ1) is 10.7. The van der Waals surface area contributed by atoms with Crippen LogP contribution in [0.25, 0.3) is 0 Å². The predicted molar refractivity (Wildman–Crippen MR) is 66.8 cm³/mol. The average Bonchev–Trinajstić information content (AvgIpc) is 3.10. The Morgan fingerprint density at radius 3 is 2.94 bits per heavy atom. The number of benzene rings is 1. The number of thioether (sulfide) groups is 1. The molecule has 86 valence electrons. The molecule has 1 aliphatic heterocycles. The number of hydrogen-bond acceptors (Lipinski definition) is 3. The van der Waals surface area contributed by atoms with E-state index in [0.29, 0.717) is 5.92 Å². The van der Waals surface area contributed by atoms with E-state index in [1.165, 1.54) is 18.4 Å². The van der Waals surface area contributed by atoms with Gasteiger partial charge in [-0.1, -0.05) is 29.5 Å². The highest BCUT2D eigenvalue weighted by molar-refractivity contribution is 8.13. The molecule has 1 unspecified atom stereocenters. The molecule has 1 atom stereocenters. The lowest BCUT2D eigenvalue weighted by molar-refractivity contribution is 0.148. The molecule has 1 aromatic rings. The van der Waals surface area contributed by atoms with Crippen LogP contribution in [0.3, 0.4) is 0 Å². The minimum absolute atomic E-state index is 0.253. The van der Waals surface area contributed by atoms with Gasteiger partial charge in [-0.2, -0.15) is 0 Å². The number of aryl methyl sites for hydroxylation is 1. The van der Waals surface area contributed by atoms with Gasteiger partial charge in [0.2, 0.25) is 0 Å². The molecule has 0 spiro atoms. The quantitative estimate of drug-likeness (QED) is 0.514. The summed E-state index contributed by atoms with van der Waals surface area (Å²) in [5.41, 5.74) is 2.20. The van der Waals surface area contributed by atoms with Gasteiger partial charge in [-0.3, -0.25) is 0 Å². The molecule has 1 saturated carbocycles. The zero-order chi connectivity index (χ0) is 11.8. The van der Waals surface area contributed by atoms with Gasteiger partial charge in [0.05, 0.1) is 0 Å². The Morgan fingerprint density at radius 1 is 1.35 bits per heavy atom. The van der Waals surface area contributed by atoms with Gasteiger partial charge < -0.3 is 4.74 Å². The maximum Gasteiger partial charge on any atom is 0.373 e. The van der Waals surface area contributed by atoms with E-state index >= 15 is 0 Å². The van der Waals surface area contributed by atoms with Crippen molar-refractivity contribution in [3.63, 3.8) is 0 Å². The van der Waals surface area contributed by atoms with E-state index in [1.54, 1.807) is 0 Å². The van der Waals surface area contributed by atoms with E-state index < -0.39 is 0 Å². The first-order valence-electron chi connectivity index (χ1n) is 5.72. The molecule has 1 heterocycles. The lowest BCUT2D eigenvalue weighted by Gasteiger charge is -2.21. The van der Waals surface area contributed by atoms with Crippen LogP contribution in [0.1, 0.15) is 30.1 Å². The number of ether oxygens (including phenoxy) is 1. The topological polar surface area (TPSA) is 26.3 Å². The van der Waals surface area contributed by atoms with Crippen molar-refractivity contribution >= 4 is 17.1 Å². The Balaban J connectivity index is 1.97. The van der Waals surface area contributed by atoms with Crippen molar-refractivity contribution in [2.45, 2.75) is 30.8 Å². The van der Waals surface area contributed by atoms with Gasteiger partial charge in [0.25, 0.3) is 0 Å². The molecule has 0 amide bonds. The van der Waals surface area contributed by atoms with Crippen LogP contribution in [0, 0.1) is 24.7 Å². The Kier molecular flexibility index (Phi) is 2.60. The first-order valence-corrected chi connectivity index (χ1v) is 6.54. The molecule has 2 nitrogen and oxygen atoms in total. The molecule has 0 radical (unpaired) electrons. The number of cyclic esters (lactones) is 1. The monoisotopic (exact) mass is 244 g/mol. The molecule has 2 aliphatic rings. The lowest BCUT2D eigenvalue weighted by Crippen LogP contribution is -2.12. The maximum atomic E-state index is 11.5. The van der Waals surface area contributed by atoms with E-state index in [0.717, 1.165) is 22.2 Å². The summed E-state index contributed by atoms with van der Waals surface area (Å²) < 4.78 is 5.30. The second-order valence-corrected chi connectivity index (χ2v) is 5.43. The molecule has 0 N–H and O–H groups in total. The molecule has 3 heteroatoms. The van der Waals surface area contributed by atoms with Gasteiger partial charge in [0, 0.05) is 16.4 Å². The highest BCUT2D eigenvalue weighted by atomic mass is 32.2. The van der Waals surface area contributed by atoms with E-state index in [2.05, 4.69) is 17.9 Å². The molecular formula is C14H12O2S. The second-order valence-electron chi connectivity index (χ2n) is 4.45. The van der Waals surface area contributed by atoms with Crippen LogP contribution >= 0.6 is 11.8 Å². The van der Waals surface area contributed by atoms with Crippen LogP contribution in [-0.4, -0.2) is 5.30 Å². The lowest BCUT2D eigenvalue weighted by atomic mass is 10.1. The number of carbonyl (C=O) groups is 1. The molecule has 0 saturated heterocycles. The summed E-state index contributed by atoms with van der Waals surface area (Å²) in [5, 5.41) is -0.253. The minimum Gasteiger partial charge on any atom is -0.436 e. The van der Waals surface area contributed by atoms with Crippen LogP contribution in [0.5, 0.6) is 0 Å². The highest BCUT2D eigenvalue weighted by Crippen LogP contribution is 2.38. The number of carbonyl (C=O) groups excluding carboxylic acids is 1. The molecule has 1 fully saturated rings. The summed E-state index contributed by atoms with van der Waals surface area (Å²) >= 11 is 1.15. The number of rotatable bonds is 0. The summed E-state index contributed by atoms with van der Waals surface area (Å²) in [5.74, 6) is 6.79. The molecule has 17 heavy (non-hydrogen) atoms. The van der Waals surface area contributed by atoms with E-state index in [-0.39, 0.29) is 11.4 Å². The number of hydrogen-bond donors (Lipinski definition) is 0. The van der Waals surface area contributed by atoms with Crippen molar-refractivity contribution in [2.75, 3.05) is 0 Å². The third kappa shape index (κ3) is 2.32.